The quantitative estimate of drug-likeness (QED) is 0.903. The molecule has 0 saturated heterocycles. The van der Waals surface area contributed by atoms with E-state index in [0.717, 1.165) is 17.7 Å². The van der Waals surface area contributed by atoms with Crippen LogP contribution in [0.15, 0.2) is 18.2 Å². The fraction of sp³-hybridized carbons (Fsp3) is 0.625. The molecule has 0 aromatic heterocycles. The van der Waals surface area contributed by atoms with Crippen LogP contribution in [0.5, 0.6) is 0 Å². The molecule has 2 rings (SSSR count). The minimum Gasteiger partial charge on any atom is -0.371 e. The zero-order valence-electron chi connectivity index (χ0n) is 12.0. The predicted octanol–water partition coefficient (Wildman–Crippen LogP) is 3.34. The Morgan fingerprint density at radius 1 is 1.32 bits per heavy atom. The summed E-state index contributed by atoms with van der Waals surface area (Å²) in [5.41, 5.74) is 7.82. The highest BCUT2D eigenvalue weighted by atomic mass is 19.1. The Bertz CT molecular complexity index is 419. The van der Waals surface area contributed by atoms with Crippen LogP contribution in [0.4, 0.5) is 10.1 Å². The van der Waals surface area contributed by atoms with Crippen molar-refractivity contribution in [2.45, 2.75) is 45.1 Å². The van der Waals surface area contributed by atoms with Crippen molar-refractivity contribution in [2.75, 3.05) is 18.5 Å². The first-order chi connectivity index (χ1) is 9.13. The Kier molecular flexibility index (Phi) is 4.81. The van der Waals surface area contributed by atoms with Crippen LogP contribution < -0.4 is 10.6 Å². The SMILES string of the molecule is CC1CCCCC1N(C)c1ccc(F)cc1CCN. The average Bonchev–Trinajstić information content (AvgIpc) is 2.39. The molecule has 0 heterocycles. The van der Waals surface area contributed by atoms with E-state index in [1.807, 2.05) is 6.07 Å². The Balaban J connectivity index is 2.24. The second-order valence-corrected chi connectivity index (χ2v) is 5.75. The van der Waals surface area contributed by atoms with Crippen LogP contribution >= 0.6 is 0 Å². The normalized spacial score (nSPS) is 23.4. The summed E-state index contributed by atoms with van der Waals surface area (Å²) in [4.78, 5) is 2.34. The van der Waals surface area contributed by atoms with Crippen molar-refractivity contribution in [2.24, 2.45) is 11.7 Å². The first-order valence-corrected chi connectivity index (χ1v) is 7.35. The minimum absolute atomic E-state index is 0.169. The lowest BCUT2D eigenvalue weighted by molar-refractivity contribution is 0.321. The summed E-state index contributed by atoms with van der Waals surface area (Å²) in [5, 5.41) is 0. The smallest absolute Gasteiger partial charge is 0.123 e. The zero-order valence-corrected chi connectivity index (χ0v) is 12.0. The van der Waals surface area contributed by atoms with E-state index in [1.165, 1.54) is 25.7 Å². The van der Waals surface area contributed by atoms with Gasteiger partial charge in [-0.3, -0.25) is 0 Å². The summed E-state index contributed by atoms with van der Waals surface area (Å²) in [6.07, 6.45) is 5.90. The van der Waals surface area contributed by atoms with Crippen LogP contribution in [0.3, 0.4) is 0 Å². The summed E-state index contributed by atoms with van der Waals surface area (Å²) in [5.74, 6) is 0.534. The molecule has 0 amide bonds. The van der Waals surface area contributed by atoms with Gasteiger partial charge in [0, 0.05) is 18.8 Å². The van der Waals surface area contributed by atoms with Crippen molar-refractivity contribution in [3.05, 3.63) is 29.6 Å². The highest BCUT2D eigenvalue weighted by Crippen LogP contribution is 2.32. The van der Waals surface area contributed by atoms with Gasteiger partial charge < -0.3 is 10.6 Å². The standard InChI is InChI=1S/C16H25FN2/c1-12-5-3-4-6-15(12)19(2)16-8-7-14(17)11-13(16)9-10-18/h7-8,11-12,15H,3-6,9-10,18H2,1-2H3. The first-order valence-electron chi connectivity index (χ1n) is 7.35. The van der Waals surface area contributed by atoms with Crippen molar-refractivity contribution in [1.82, 2.24) is 0 Å². The summed E-state index contributed by atoms with van der Waals surface area (Å²) < 4.78 is 13.4. The third-order valence-corrected chi connectivity index (χ3v) is 4.40. The van der Waals surface area contributed by atoms with E-state index in [9.17, 15) is 4.39 Å². The second-order valence-electron chi connectivity index (χ2n) is 5.75. The number of hydrogen-bond donors (Lipinski definition) is 1. The van der Waals surface area contributed by atoms with Gasteiger partial charge in [-0.15, -0.1) is 0 Å². The molecule has 1 aromatic carbocycles. The molecule has 0 aliphatic heterocycles. The van der Waals surface area contributed by atoms with Gasteiger partial charge in [0.05, 0.1) is 0 Å². The van der Waals surface area contributed by atoms with Crippen LogP contribution in [-0.2, 0) is 6.42 Å². The fourth-order valence-corrected chi connectivity index (χ4v) is 3.30. The summed E-state index contributed by atoms with van der Waals surface area (Å²) >= 11 is 0. The third-order valence-electron chi connectivity index (χ3n) is 4.40. The number of anilines is 1. The van der Waals surface area contributed by atoms with Crippen LogP contribution in [0, 0.1) is 11.7 Å². The monoisotopic (exact) mass is 264 g/mol. The van der Waals surface area contributed by atoms with Crippen molar-refractivity contribution < 1.29 is 4.39 Å². The molecule has 1 saturated carbocycles. The molecule has 2 atom stereocenters. The molecule has 2 nitrogen and oxygen atoms in total. The van der Waals surface area contributed by atoms with E-state index in [4.69, 9.17) is 5.73 Å². The molecular formula is C16H25FN2. The molecule has 1 aliphatic rings. The number of halogens is 1. The van der Waals surface area contributed by atoms with Gasteiger partial charge in [-0.25, -0.2) is 4.39 Å². The molecular weight excluding hydrogens is 239 g/mol. The van der Waals surface area contributed by atoms with E-state index < -0.39 is 0 Å². The maximum absolute atomic E-state index is 13.4. The van der Waals surface area contributed by atoms with Gasteiger partial charge in [0.25, 0.3) is 0 Å². The summed E-state index contributed by atoms with van der Waals surface area (Å²) in [7, 11) is 2.14. The van der Waals surface area contributed by atoms with E-state index >= 15 is 0 Å². The molecule has 0 bridgehead atoms. The van der Waals surface area contributed by atoms with Gasteiger partial charge in [0.1, 0.15) is 5.82 Å². The fourth-order valence-electron chi connectivity index (χ4n) is 3.30. The summed E-state index contributed by atoms with van der Waals surface area (Å²) in [6, 6.07) is 5.66. The molecule has 0 radical (unpaired) electrons. The van der Waals surface area contributed by atoms with Crippen LogP contribution in [0.1, 0.15) is 38.2 Å². The van der Waals surface area contributed by atoms with Gasteiger partial charge in [0.2, 0.25) is 0 Å². The second kappa shape index (κ2) is 6.38. The molecule has 0 spiro atoms. The third kappa shape index (κ3) is 3.27. The molecule has 19 heavy (non-hydrogen) atoms. The van der Waals surface area contributed by atoms with Gasteiger partial charge in [-0.2, -0.15) is 0 Å². The Hall–Kier alpha value is -1.09. The molecule has 3 heteroatoms. The van der Waals surface area contributed by atoms with E-state index in [-0.39, 0.29) is 5.82 Å². The van der Waals surface area contributed by atoms with Gasteiger partial charge >= 0.3 is 0 Å². The van der Waals surface area contributed by atoms with Crippen molar-refractivity contribution in [1.29, 1.82) is 0 Å². The average molecular weight is 264 g/mol. The number of nitrogens with two attached hydrogens (primary N) is 1. The molecule has 106 valence electrons. The lowest BCUT2D eigenvalue weighted by atomic mass is 9.84. The minimum atomic E-state index is -0.169. The number of benzene rings is 1. The van der Waals surface area contributed by atoms with Gasteiger partial charge in [0.15, 0.2) is 0 Å². The Morgan fingerprint density at radius 3 is 2.74 bits per heavy atom. The van der Waals surface area contributed by atoms with E-state index in [1.54, 1.807) is 12.1 Å². The number of nitrogens with zero attached hydrogens (tertiary/aromatic N) is 1. The van der Waals surface area contributed by atoms with Crippen LogP contribution in [-0.4, -0.2) is 19.6 Å². The lowest BCUT2D eigenvalue weighted by Gasteiger charge is -2.38. The molecule has 2 unspecified atom stereocenters. The van der Waals surface area contributed by atoms with Crippen molar-refractivity contribution in [3.8, 4) is 0 Å². The maximum Gasteiger partial charge on any atom is 0.123 e. The highest BCUT2D eigenvalue weighted by Gasteiger charge is 2.26. The van der Waals surface area contributed by atoms with Gasteiger partial charge in [-0.1, -0.05) is 19.8 Å². The van der Waals surface area contributed by atoms with Crippen molar-refractivity contribution in [3.63, 3.8) is 0 Å². The topological polar surface area (TPSA) is 29.3 Å². The first kappa shape index (κ1) is 14.3. The van der Waals surface area contributed by atoms with Crippen molar-refractivity contribution >= 4 is 5.69 Å². The zero-order chi connectivity index (χ0) is 13.8. The number of hydrogen-bond acceptors (Lipinski definition) is 2. The Labute approximate surface area is 115 Å². The van der Waals surface area contributed by atoms with Gasteiger partial charge in [-0.05, 0) is 55.5 Å². The Morgan fingerprint density at radius 2 is 2.05 bits per heavy atom. The maximum atomic E-state index is 13.4. The highest BCUT2D eigenvalue weighted by molar-refractivity contribution is 5.54. The lowest BCUT2D eigenvalue weighted by Crippen LogP contribution is -2.39. The van der Waals surface area contributed by atoms with Crippen LogP contribution in [0.2, 0.25) is 0 Å². The van der Waals surface area contributed by atoms with E-state index in [2.05, 4.69) is 18.9 Å². The summed E-state index contributed by atoms with van der Waals surface area (Å²) in [6.45, 7) is 2.89. The number of rotatable bonds is 4. The van der Waals surface area contributed by atoms with E-state index in [0.29, 0.717) is 18.5 Å². The predicted molar refractivity (Wildman–Crippen MR) is 79.0 cm³/mol. The molecule has 1 aromatic rings. The molecule has 1 aliphatic carbocycles. The largest absolute Gasteiger partial charge is 0.371 e. The van der Waals surface area contributed by atoms with Crippen LogP contribution in [0.25, 0.3) is 0 Å². The molecule has 1 fully saturated rings. The molecule has 2 N–H and O–H groups in total.